The van der Waals surface area contributed by atoms with Gasteiger partial charge in [0.2, 0.25) is 5.91 Å². The molecule has 1 heterocycles. The molecule has 2 N–H and O–H groups in total. The Balaban J connectivity index is 2.59. The normalized spacial score (nSPS) is 24.9. The van der Waals surface area contributed by atoms with Crippen molar-refractivity contribution in [2.45, 2.75) is 45.7 Å². The Kier molecular flexibility index (Phi) is 5.59. The second-order valence-electron chi connectivity index (χ2n) is 5.35. The van der Waals surface area contributed by atoms with Crippen molar-refractivity contribution in [3.05, 3.63) is 0 Å². The van der Waals surface area contributed by atoms with Crippen LogP contribution in [0, 0.1) is 11.8 Å². The van der Waals surface area contributed by atoms with Gasteiger partial charge in [-0.2, -0.15) is 0 Å². The lowest BCUT2D eigenvalue weighted by molar-refractivity contribution is -0.146. The molecule has 0 spiro atoms. The molecule has 5 nitrogen and oxygen atoms in total. The summed E-state index contributed by atoms with van der Waals surface area (Å²) in [6, 6.07) is -0.363. The predicted octanol–water partition coefficient (Wildman–Crippen LogP) is 0.688. The third kappa shape index (κ3) is 3.98. The lowest BCUT2D eigenvalue weighted by Gasteiger charge is -2.21. The van der Waals surface area contributed by atoms with E-state index in [-0.39, 0.29) is 23.8 Å². The maximum Gasteiger partial charge on any atom is 0.328 e. The molecule has 1 amide bonds. The standard InChI is InChI=1S/C13H24N2O3/c1-8(2)7-11(13(17)18-4)15-12(16)10-5-6-14-9(10)3/h8-11,14H,5-7H2,1-4H3,(H,15,16). The average Bonchev–Trinajstić information content (AvgIpc) is 2.73. The molecule has 104 valence electrons. The number of methoxy groups -OCH3 is 1. The Bertz CT molecular complexity index is 305. The highest BCUT2D eigenvalue weighted by Gasteiger charge is 2.32. The largest absolute Gasteiger partial charge is 0.467 e. The van der Waals surface area contributed by atoms with Crippen LogP contribution in [0.1, 0.15) is 33.6 Å². The molecule has 1 saturated heterocycles. The summed E-state index contributed by atoms with van der Waals surface area (Å²) in [5, 5.41) is 6.05. The van der Waals surface area contributed by atoms with Crippen LogP contribution in [0.5, 0.6) is 0 Å². The van der Waals surface area contributed by atoms with Crippen LogP contribution in [0.3, 0.4) is 0 Å². The van der Waals surface area contributed by atoms with Crippen molar-refractivity contribution < 1.29 is 14.3 Å². The van der Waals surface area contributed by atoms with E-state index in [0.29, 0.717) is 12.3 Å². The van der Waals surface area contributed by atoms with Gasteiger partial charge in [-0.25, -0.2) is 4.79 Å². The Hall–Kier alpha value is -1.10. The Labute approximate surface area is 109 Å². The third-order valence-corrected chi connectivity index (χ3v) is 3.37. The van der Waals surface area contributed by atoms with Crippen molar-refractivity contribution >= 4 is 11.9 Å². The zero-order valence-electron chi connectivity index (χ0n) is 11.7. The average molecular weight is 256 g/mol. The summed E-state index contributed by atoms with van der Waals surface area (Å²) in [5.41, 5.74) is 0. The fourth-order valence-electron chi connectivity index (χ4n) is 2.32. The van der Waals surface area contributed by atoms with E-state index in [2.05, 4.69) is 10.6 Å². The molecule has 1 fully saturated rings. The Morgan fingerprint density at radius 2 is 2.11 bits per heavy atom. The molecule has 0 radical (unpaired) electrons. The topological polar surface area (TPSA) is 67.4 Å². The molecular weight excluding hydrogens is 232 g/mol. The lowest BCUT2D eigenvalue weighted by atomic mass is 9.99. The molecule has 0 aliphatic carbocycles. The van der Waals surface area contributed by atoms with Gasteiger partial charge >= 0.3 is 5.97 Å². The van der Waals surface area contributed by atoms with E-state index in [0.717, 1.165) is 13.0 Å². The first kappa shape index (κ1) is 15.0. The second kappa shape index (κ2) is 6.73. The van der Waals surface area contributed by atoms with E-state index < -0.39 is 6.04 Å². The van der Waals surface area contributed by atoms with Gasteiger partial charge in [0.15, 0.2) is 0 Å². The molecule has 0 aromatic carbocycles. The fourth-order valence-corrected chi connectivity index (χ4v) is 2.32. The zero-order chi connectivity index (χ0) is 13.7. The minimum atomic E-state index is -0.532. The van der Waals surface area contributed by atoms with E-state index in [9.17, 15) is 9.59 Å². The predicted molar refractivity (Wildman–Crippen MR) is 69.0 cm³/mol. The van der Waals surface area contributed by atoms with Crippen molar-refractivity contribution in [1.29, 1.82) is 0 Å². The van der Waals surface area contributed by atoms with Gasteiger partial charge in [-0.1, -0.05) is 13.8 Å². The van der Waals surface area contributed by atoms with Gasteiger partial charge in [-0.05, 0) is 32.2 Å². The van der Waals surface area contributed by atoms with E-state index in [1.165, 1.54) is 7.11 Å². The monoisotopic (exact) mass is 256 g/mol. The highest BCUT2D eigenvalue weighted by atomic mass is 16.5. The van der Waals surface area contributed by atoms with E-state index in [4.69, 9.17) is 4.74 Å². The minimum absolute atomic E-state index is 0.0516. The minimum Gasteiger partial charge on any atom is -0.467 e. The lowest BCUT2D eigenvalue weighted by Crippen LogP contribution is -2.46. The summed E-state index contributed by atoms with van der Waals surface area (Å²) < 4.78 is 4.73. The van der Waals surface area contributed by atoms with Crippen molar-refractivity contribution in [2.24, 2.45) is 11.8 Å². The quantitative estimate of drug-likeness (QED) is 0.710. The van der Waals surface area contributed by atoms with Crippen LogP contribution < -0.4 is 10.6 Å². The number of amides is 1. The SMILES string of the molecule is COC(=O)C(CC(C)C)NC(=O)C1CCNC1C. The summed E-state index contributed by atoms with van der Waals surface area (Å²) in [7, 11) is 1.35. The van der Waals surface area contributed by atoms with Crippen LogP contribution in [-0.4, -0.2) is 37.6 Å². The summed E-state index contributed by atoms with van der Waals surface area (Å²) in [6.07, 6.45) is 1.43. The molecule has 1 aliphatic heterocycles. The van der Waals surface area contributed by atoms with Crippen molar-refractivity contribution in [2.75, 3.05) is 13.7 Å². The van der Waals surface area contributed by atoms with E-state index in [1.54, 1.807) is 0 Å². The first-order valence-electron chi connectivity index (χ1n) is 6.57. The molecule has 0 aromatic heterocycles. The number of carbonyl (C=O) groups excluding carboxylic acids is 2. The number of rotatable bonds is 5. The second-order valence-corrected chi connectivity index (χ2v) is 5.35. The van der Waals surface area contributed by atoms with Crippen LogP contribution in [-0.2, 0) is 14.3 Å². The number of nitrogens with one attached hydrogen (secondary N) is 2. The number of esters is 1. The summed E-state index contributed by atoms with van der Waals surface area (Å²) in [4.78, 5) is 23.7. The van der Waals surface area contributed by atoms with Crippen LogP contribution in [0.25, 0.3) is 0 Å². The summed E-state index contributed by atoms with van der Waals surface area (Å²) in [6.45, 7) is 6.88. The highest BCUT2D eigenvalue weighted by molar-refractivity contribution is 5.86. The molecular formula is C13H24N2O3. The Morgan fingerprint density at radius 1 is 1.44 bits per heavy atom. The van der Waals surface area contributed by atoms with Gasteiger partial charge in [0.05, 0.1) is 13.0 Å². The van der Waals surface area contributed by atoms with Crippen molar-refractivity contribution in [1.82, 2.24) is 10.6 Å². The number of hydrogen-bond acceptors (Lipinski definition) is 4. The van der Waals surface area contributed by atoms with Gasteiger partial charge in [-0.15, -0.1) is 0 Å². The van der Waals surface area contributed by atoms with Crippen molar-refractivity contribution in [3.63, 3.8) is 0 Å². The molecule has 1 rings (SSSR count). The van der Waals surface area contributed by atoms with Gasteiger partial charge in [0.25, 0.3) is 0 Å². The molecule has 0 bridgehead atoms. The van der Waals surface area contributed by atoms with Gasteiger partial charge in [0, 0.05) is 6.04 Å². The zero-order valence-corrected chi connectivity index (χ0v) is 11.7. The van der Waals surface area contributed by atoms with Crippen LogP contribution in [0.2, 0.25) is 0 Å². The van der Waals surface area contributed by atoms with E-state index in [1.807, 2.05) is 20.8 Å². The molecule has 0 saturated carbocycles. The fraction of sp³-hybridized carbons (Fsp3) is 0.846. The van der Waals surface area contributed by atoms with Gasteiger partial charge < -0.3 is 15.4 Å². The molecule has 1 aliphatic rings. The number of ether oxygens (including phenoxy) is 1. The molecule has 18 heavy (non-hydrogen) atoms. The smallest absolute Gasteiger partial charge is 0.328 e. The number of carbonyl (C=O) groups is 2. The molecule has 0 aromatic rings. The van der Waals surface area contributed by atoms with Crippen LogP contribution in [0.4, 0.5) is 0 Å². The third-order valence-electron chi connectivity index (χ3n) is 3.37. The maximum atomic E-state index is 12.1. The molecule has 5 heteroatoms. The van der Waals surface area contributed by atoms with Crippen LogP contribution >= 0.6 is 0 Å². The highest BCUT2D eigenvalue weighted by Crippen LogP contribution is 2.16. The summed E-state index contributed by atoms with van der Waals surface area (Å²) >= 11 is 0. The van der Waals surface area contributed by atoms with Crippen molar-refractivity contribution in [3.8, 4) is 0 Å². The summed E-state index contributed by atoms with van der Waals surface area (Å²) in [5.74, 6) is -0.142. The van der Waals surface area contributed by atoms with Gasteiger partial charge in [-0.3, -0.25) is 4.79 Å². The first-order chi connectivity index (χ1) is 8.45. The maximum absolute atomic E-state index is 12.1. The first-order valence-corrected chi connectivity index (χ1v) is 6.57. The molecule has 3 atom stereocenters. The number of hydrogen-bond donors (Lipinski definition) is 2. The van der Waals surface area contributed by atoms with Crippen LogP contribution in [0.15, 0.2) is 0 Å². The van der Waals surface area contributed by atoms with Gasteiger partial charge in [0.1, 0.15) is 6.04 Å². The molecule has 3 unspecified atom stereocenters. The van der Waals surface area contributed by atoms with E-state index >= 15 is 0 Å². The Morgan fingerprint density at radius 3 is 2.56 bits per heavy atom.